The predicted octanol–water partition coefficient (Wildman–Crippen LogP) is 2.46. The summed E-state index contributed by atoms with van der Waals surface area (Å²) < 4.78 is 0. The molecular formula is C12H16ClNO3. The second-order valence-corrected chi connectivity index (χ2v) is 4.06. The number of oxime groups is 1. The monoisotopic (exact) mass is 257 g/mol. The summed E-state index contributed by atoms with van der Waals surface area (Å²) in [4.78, 5) is 28.4. The van der Waals surface area contributed by atoms with Crippen molar-refractivity contribution in [3.05, 3.63) is 11.6 Å². The minimum absolute atomic E-state index is 0.0432. The van der Waals surface area contributed by atoms with E-state index < -0.39 is 5.92 Å². The van der Waals surface area contributed by atoms with Crippen molar-refractivity contribution in [2.75, 3.05) is 6.61 Å². The second-order valence-electron chi connectivity index (χ2n) is 3.81. The Balaban J connectivity index is 2.70. The lowest BCUT2D eigenvalue weighted by molar-refractivity contribution is -0.132. The number of nitrogens with zero attached hydrogens (tertiary/aromatic N) is 1. The number of halogens is 1. The van der Waals surface area contributed by atoms with Crippen LogP contribution < -0.4 is 0 Å². The molecule has 0 heterocycles. The summed E-state index contributed by atoms with van der Waals surface area (Å²) in [5.74, 6) is -0.773. The van der Waals surface area contributed by atoms with E-state index in [2.05, 4.69) is 5.16 Å². The van der Waals surface area contributed by atoms with E-state index in [9.17, 15) is 9.59 Å². The molecule has 1 saturated carbocycles. The number of hydrogen-bond donors (Lipinski definition) is 0. The Bertz CT molecular complexity index is 334. The molecule has 0 N–H and O–H groups in total. The average Bonchev–Trinajstić information content (AvgIpc) is 2.31. The van der Waals surface area contributed by atoms with Crippen LogP contribution in [0.25, 0.3) is 0 Å². The average molecular weight is 258 g/mol. The highest BCUT2D eigenvalue weighted by atomic mass is 35.5. The van der Waals surface area contributed by atoms with Crippen LogP contribution in [0.2, 0.25) is 0 Å². The van der Waals surface area contributed by atoms with Gasteiger partial charge in [0.25, 0.3) is 0 Å². The molecular weight excluding hydrogens is 242 g/mol. The van der Waals surface area contributed by atoms with Gasteiger partial charge in [0.1, 0.15) is 24.1 Å². The molecule has 94 valence electrons. The highest BCUT2D eigenvalue weighted by Gasteiger charge is 2.33. The number of ketones is 2. The Labute approximate surface area is 106 Å². The first kappa shape index (κ1) is 13.9. The third-order valence-electron chi connectivity index (χ3n) is 2.63. The number of rotatable bonds is 5. The van der Waals surface area contributed by atoms with E-state index in [-0.39, 0.29) is 18.2 Å². The summed E-state index contributed by atoms with van der Waals surface area (Å²) in [5, 5.41) is 3.87. The number of carbonyl (C=O) groups excluding carboxylic acids is 2. The van der Waals surface area contributed by atoms with E-state index in [4.69, 9.17) is 16.4 Å². The van der Waals surface area contributed by atoms with Crippen molar-refractivity contribution in [2.45, 2.75) is 32.6 Å². The third kappa shape index (κ3) is 3.97. The quantitative estimate of drug-likeness (QED) is 0.329. The maximum Gasteiger partial charge on any atom is 0.149 e. The molecule has 0 aromatic rings. The Hall–Kier alpha value is -1.16. The van der Waals surface area contributed by atoms with Gasteiger partial charge in [-0.1, -0.05) is 23.7 Å². The molecule has 1 aliphatic carbocycles. The van der Waals surface area contributed by atoms with Crippen molar-refractivity contribution in [2.24, 2.45) is 11.1 Å². The van der Waals surface area contributed by atoms with Gasteiger partial charge in [-0.3, -0.25) is 9.59 Å². The van der Waals surface area contributed by atoms with Crippen molar-refractivity contribution < 1.29 is 14.4 Å². The Kier molecular flexibility index (Phi) is 5.91. The van der Waals surface area contributed by atoms with Crippen molar-refractivity contribution in [3.63, 3.8) is 0 Å². The lowest BCUT2D eigenvalue weighted by atomic mass is 9.82. The van der Waals surface area contributed by atoms with Crippen molar-refractivity contribution >= 4 is 28.9 Å². The SMILES string of the molecule is CCC(=NOCC=CCl)C1C(=O)CCCC1=O. The van der Waals surface area contributed by atoms with Crippen LogP contribution in [0.3, 0.4) is 0 Å². The third-order valence-corrected chi connectivity index (χ3v) is 2.81. The standard InChI is InChI=1S/C12H16ClNO3/c1-2-9(14-17-8-4-7-13)12-10(15)5-3-6-11(12)16/h4,7,12H,2-3,5-6,8H2,1H3. The summed E-state index contributed by atoms with van der Waals surface area (Å²) >= 11 is 5.33. The molecule has 0 unspecified atom stereocenters. The molecule has 4 nitrogen and oxygen atoms in total. The molecule has 0 amide bonds. The van der Waals surface area contributed by atoms with Gasteiger partial charge in [0.15, 0.2) is 0 Å². The molecule has 0 aliphatic heterocycles. The smallest absolute Gasteiger partial charge is 0.149 e. The molecule has 0 aromatic heterocycles. The van der Waals surface area contributed by atoms with E-state index >= 15 is 0 Å². The molecule has 1 rings (SSSR count). The van der Waals surface area contributed by atoms with Crippen LogP contribution in [-0.4, -0.2) is 23.9 Å². The minimum atomic E-state index is -0.686. The lowest BCUT2D eigenvalue weighted by Gasteiger charge is -2.19. The van der Waals surface area contributed by atoms with Gasteiger partial charge in [-0.2, -0.15) is 0 Å². The van der Waals surface area contributed by atoms with Gasteiger partial charge in [-0.05, 0) is 18.9 Å². The minimum Gasteiger partial charge on any atom is -0.392 e. The molecule has 0 bridgehead atoms. The maximum atomic E-state index is 11.7. The lowest BCUT2D eigenvalue weighted by Crippen LogP contribution is -2.35. The fraction of sp³-hybridized carbons (Fsp3) is 0.583. The normalized spacial score (nSPS) is 19.1. The Morgan fingerprint density at radius 3 is 2.65 bits per heavy atom. The van der Waals surface area contributed by atoms with Gasteiger partial charge in [0.2, 0.25) is 0 Å². The summed E-state index contributed by atoms with van der Waals surface area (Å²) in [7, 11) is 0. The van der Waals surface area contributed by atoms with Gasteiger partial charge >= 0.3 is 0 Å². The van der Waals surface area contributed by atoms with E-state index in [0.717, 1.165) is 0 Å². The zero-order valence-electron chi connectivity index (χ0n) is 9.82. The fourth-order valence-corrected chi connectivity index (χ4v) is 1.87. The van der Waals surface area contributed by atoms with Crippen LogP contribution in [0, 0.1) is 5.92 Å². The molecule has 17 heavy (non-hydrogen) atoms. The first-order valence-electron chi connectivity index (χ1n) is 5.70. The topological polar surface area (TPSA) is 55.7 Å². The van der Waals surface area contributed by atoms with Gasteiger partial charge in [0, 0.05) is 18.4 Å². The first-order chi connectivity index (χ1) is 8.20. The van der Waals surface area contributed by atoms with Gasteiger partial charge in [-0.25, -0.2) is 0 Å². The van der Waals surface area contributed by atoms with Crippen LogP contribution in [0.15, 0.2) is 16.8 Å². The molecule has 0 saturated heterocycles. The van der Waals surface area contributed by atoms with E-state index in [1.807, 2.05) is 6.92 Å². The number of Topliss-reactive ketones (excluding diaryl/α,β-unsaturated/α-hetero) is 2. The Morgan fingerprint density at radius 2 is 2.12 bits per heavy atom. The van der Waals surface area contributed by atoms with E-state index in [1.165, 1.54) is 5.54 Å². The predicted molar refractivity (Wildman–Crippen MR) is 66.0 cm³/mol. The molecule has 5 heteroatoms. The highest BCUT2D eigenvalue weighted by Crippen LogP contribution is 2.20. The molecule has 0 aromatic carbocycles. The van der Waals surface area contributed by atoms with E-state index in [1.54, 1.807) is 6.08 Å². The first-order valence-corrected chi connectivity index (χ1v) is 6.13. The van der Waals surface area contributed by atoms with Gasteiger partial charge < -0.3 is 4.84 Å². The van der Waals surface area contributed by atoms with Gasteiger partial charge in [-0.15, -0.1) is 0 Å². The van der Waals surface area contributed by atoms with Crippen LogP contribution in [0.5, 0.6) is 0 Å². The summed E-state index contributed by atoms with van der Waals surface area (Å²) in [6.45, 7) is 2.09. The molecule has 0 radical (unpaired) electrons. The second kappa shape index (κ2) is 7.22. The van der Waals surface area contributed by atoms with Crippen LogP contribution in [0.1, 0.15) is 32.6 Å². The molecule has 0 spiro atoms. The molecule has 0 atom stereocenters. The molecule has 1 fully saturated rings. The zero-order chi connectivity index (χ0) is 12.7. The van der Waals surface area contributed by atoms with Crippen molar-refractivity contribution in [3.8, 4) is 0 Å². The van der Waals surface area contributed by atoms with Crippen LogP contribution >= 0.6 is 11.6 Å². The maximum absolute atomic E-state index is 11.7. The van der Waals surface area contributed by atoms with Crippen molar-refractivity contribution in [1.29, 1.82) is 0 Å². The largest absolute Gasteiger partial charge is 0.392 e. The highest BCUT2D eigenvalue weighted by molar-refractivity contribution is 6.25. The summed E-state index contributed by atoms with van der Waals surface area (Å²) in [6, 6.07) is 0. The van der Waals surface area contributed by atoms with Gasteiger partial charge in [0.05, 0.1) is 5.71 Å². The fourth-order valence-electron chi connectivity index (χ4n) is 1.80. The molecule has 1 aliphatic rings. The number of carbonyl (C=O) groups is 2. The van der Waals surface area contributed by atoms with E-state index in [0.29, 0.717) is 31.4 Å². The summed E-state index contributed by atoms with van der Waals surface area (Å²) in [5.41, 5.74) is 1.85. The zero-order valence-corrected chi connectivity index (χ0v) is 10.6. The van der Waals surface area contributed by atoms with Crippen LogP contribution in [-0.2, 0) is 14.4 Å². The Morgan fingerprint density at radius 1 is 1.47 bits per heavy atom. The van der Waals surface area contributed by atoms with Crippen LogP contribution in [0.4, 0.5) is 0 Å². The van der Waals surface area contributed by atoms with Crippen molar-refractivity contribution in [1.82, 2.24) is 0 Å². The number of hydrogen-bond acceptors (Lipinski definition) is 4. The summed E-state index contributed by atoms with van der Waals surface area (Å²) in [6.07, 6.45) is 3.69.